The molecule has 1 aliphatic rings. The molecule has 0 aliphatic carbocycles. The minimum absolute atomic E-state index is 0.0154. The van der Waals surface area contributed by atoms with Crippen molar-refractivity contribution >= 4 is 29.1 Å². The van der Waals surface area contributed by atoms with Crippen molar-refractivity contribution < 1.29 is 14.3 Å². The van der Waals surface area contributed by atoms with Crippen molar-refractivity contribution in [3.8, 4) is 0 Å². The third kappa shape index (κ3) is 5.32. The zero-order valence-electron chi connectivity index (χ0n) is 18.7. The van der Waals surface area contributed by atoms with Crippen LogP contribution in [0.1, 0.15) is 33.3 Å². The largest absolute Gasteiger partial charge is 0.462 e. The number of benzene rings is 1. The number of carbonyl (C=O) groups is 2. The van der Waals surface area contributed by atoms with Crippen molar-refractivity contribution in [3.63, 3.8) is 0 Å². The summed E-state index contributed by atoms with van der Waals surface area (Å²) < 4.78 is 5.08. The third-order valence-electron chi connectivity index (χ3n) is 5.41. The van der Waals surface area contributed by atoms with Crippen LogP contribution in [0, 0.1) is 0 Å². The number of carbonyl (C=O) groups excluding carboxylic acids is 2. The number of likely N-dealkylation sites (N-methyl/N-ethyl adjacent to an activating group) is 1. The van der Waals surface area contributed by atoms with Gasteiger partial charge in [0.15, 0.2) is 0 Å². The standard InChI is InChI=1S/C24H26N6O3/c1-3-33-23(32)20-16-26-24(28-21(20)22(31)17-5-4-10-25-15-17)27-18-6-8-19(9-7-18)30-13-11-29(2)12-14-30/h4-10,15-16H,3,11-14H2,1-2H3,(H,26,27,28). The van der Waals surface area contributed by atoms with E-state index in [0.717, 1.165) is 37.6 Å². The molecule has 1 fully saturated rings. The minimum Gasteiger partial charge on any atom is -0.462 e. The Kier molecular flexibility index (Phi) is 6.89. The molecule has 0 atom stereocenters. The summed E-state index contributed by atoms with van der Waals surface area (Å²) in [6.07, 6.45) is 4.32. The zero-order valence-corrected chi connectivity index (χ0v) is 18.7. The summed E-state index contributed by atoms with van der Waals surface area (Å²) in [5.41, 5.74) is 2.23. The first-order valence-corrected chi connectivity index (χ1v) is 10.8. The average Bonchev–Trinajstić information content (AvgIpc) is 2.85. The van der Waals surface area contributed by atoms with Crippen LogP contribution in [-0.4, -0.2) is 71.4 Å². The molecule has 4 rings (SSSR count). The summed E-state index contributed by atoms with van der Waals surface area (Å²) in [7, 11) is 2.13. The second-order valence-electron chi connectivity index (χ2n) is 7.71. The summed E-state index contributed by atoms with van der Waals surface area (Å²) in [6, 6.07) is 11.2. The van der Waals surface area contributed by atoms with Gasteiger partial charge in [-0.05, 0) is 50.4 Å². The Labute approximate surface area is 192 Å². The van der Waals surface area contributed by atoms with Gasteiger partial charge in [-0.25, -0.2) is 14.8 Å². The van der Waals surface area contributed by atoms with Gasteiger partial charge in [0.05, 0.1) is 6.61 Å². The Morgan fingerprint density at radius 1 is 1.06 bits per heavy atom. The molecular formula is C24H26N6O3. The molecule has 0 spiro atoms. The van der Waals surface area contributed by atoms with Gasteiger partial charge in [-0.2, -0.15) is 0 Å². The summed E-state index contributed by atoms with van der Waals surface area (Å²) in [5, 5.41) is 3.12. The number of aromatic nitrogens is 3. The van der Waals surface area contributed by atoms with Crippen molar-refractivity contribution in [1.29, 1.82) is 0 Å². The molecule has 1 aromatic carbocycles. The van der Waals surface area contributed by atoms with Gasteiger partial charge in [-0.1, -0.05) is 0 Å². The molecule has 0 amide bonds. The molecule has 0 unspecified atom stereocenters. The Morgan fingerprint density at radius 3 is 2.48 bits per heavy atom. The summed E-state index contributed by atoms with van der Waals surface area (Å²) >= 11 is 0. The Hall–Kier alpha value is -3.85. The van der Waals surface area contributed by atoms with Crippen LogP contribution in [0.3, 0.4) is 0 Å². The van der Waals surface area contributed by atoms with Crippen LogP contribution >= 0.6 is 0 Å². The van der Waals surface area contributed by atoms with Gasteiger partial charge in [0.25, 0.3) is 0 Å². The van der Waals surface area contributed by atoms with E-state index in [0.29, 0.717) is 5.56 Å². The second kappa shape index (κ2) is 10.2. The lowest BCUT2D eigenvalue weighted by Crippen LogP contribution is -2.44. The van der Waals surface area contributed by atoms with Crippen LogP contribution in [-0.2, 0) is 4.74 Å². The normalized spacial score (nSPS) is 14.1. The molecule has 3 heterocycles. The van der Waals surface area contributed by atoms with E-state index >= 15 is 0 Å². The van der Waals surface area contributed by atoms with Crippen molar-refractivity contribution in [3.05, 3.63) is 71.8 Å². The van der Waals surface area contributed by atoms with Crippen molar-refractivity contribution in [2.45, 2.75) is 6.92 Å². The molecule has 170 valence electrons. The first kappa shape index (κ1) is 22.3. The van der Waals surface area contributed by atoms with Gasteiger partial charge >= 0.3 is 5.97 Å². The Bertz CT molecular complexity index is 1110. The predicted octanol–water partition coefficient (Wildman–Crippen LogP) is 2.77. The van der Waals surface area contributed by atoms with Gasteiger partial charge in [0.1, 0.15) is 11.3 Å². The molecule has 3 aromatic rings. The fourth-order valence-electron chi connectivity index (χ4n) is 3.56. The SMILES string of the molecule is CCOC(=O)c1cnc(Nc2ccc(N3CCN(C)CC3)cc2)nc1C(=O)c1cccnc1. The lowest BCUT2D eigenvalue weighted by Gasteiger charge is -2.34. The highest BCUT2D eigenvalue weighted by molar-refractivity contribution is 6.13. The van der Waals surface area contributed by atoms with Gasteiger partial charge in [-0.15, -0.1) is 0 Å². The number of nitrogens with one attached hydrogen (secondary N) is 1. The van der Waals surface area contributed by atoms with E-state index in [9.17, 15) is 9.59 Å². The van der Waals surface area contributed by atoms with E-state index in [-0.39, 0.29) is 23.8 Å². The molecule has 0 bridgehead atoms. The summed E-state index contributed by atoms with van der Waals surface area (Å²) in [4.78, 5) is 42.6. The topological polar surface area (TPSA) is 101 Å². The monoisotopic (exact) mass is 446 g/mol. The van der Waals surface area contributed by atoms with E-state index < -0.39 is 11.8 Å². The maximum Gasteiger partial charge on any atom is 0.342 e. The number of rotatable bonds is 7. The second-order valence-corrected chi connectivity index (χ2v) is 7.71. The fraction of sp³-hybridized carbons (Fsp3) is 0.292. The third-order valence-corrected chi connectivity index (χ3v) is 5.41. The van der Waals surface area contributed by atoms with Crippen LogP contribution in [0.5, 0.6) is 0 Å². The fourth-order valence-corrected chi connectivity index (χ4v) is 3.56. The molecule has 2 aromatic heterocycles. The number of piperazine rings is 1. The maximum absolute atomic E-state index is 13.0. The zero-order chi connectivity index (χ0) is 23.2. The van der Waals surface area contributed by atoms with Crippen molar-refractivity contribution in [2.24, 2.45) is 0 Å². The number of ketones is 1. The van der Waals surface area contributed by atoms with E-state index in [1.807, 2.05) is 24.3 Å². The molecule has 0 radical (unpaired) electrons. The molecule has 1 N–H and O–H groups in total. The number of hydrogen-bond acceptors (Lipinski definition) is 9. The number of nitrogens with zero attached hydrogens (tertiary/aromatic N) is 5. The first-order valence-electron chi connectivity index (χ1n) is 10.8. The maximum atomic E-state index is 13.0. The molecule has 9 heteroatoms. The first-order chi connectivity index (χ1) is 16.0. The smallest absolute Gasteiger partial charge is 0.342 e. The number of hydrogen-bond donors (Lipinski definition) is 1. The highest BCUT2D eigenvalue weighted by Gasteiger charge is 2.23. The van der Waals surface area contributed by atoms with Gasteiger partial charge in [0, 0.05) is 61.7 Å². The quantitative estimate of drug-likeness (QED) is 0.434. The number of anilines is 3. The minimum atomic E-state index is -0.646. The van der Waals surface area contributed by atoms with Crippen LogP contribution in [0.15, 0.2) is 55.0 Å². The molecular weight excluding hydrogens is 420 g/mol. The van der Waals surface area contributed by atoms with Crippen molar-refractivity contribution in [1.82, 2.24) is 19.9 Å². The van der Waals surface area contributed by atoms with Gasteiger partial charge in [0.2, 0.25) is 11.7 Å². The van der Waals surface area contributed by atoms with Crippen LogP contribution in [0.4, 0.5) is 17.3 Å². The lowest BCUT2D eigenvalue weighted by molar-refractivity contribution is 0.0522. The molecule has 9 nitrogen and oxygen atoms in total. The van der Waals surface area contributed by atoms with Crippen molar-refractivity contribution in [2.75, 3.05) is 50.1 Å². The molecule has 0 saturated carbocycles. The average molecular weight is 447 g/mol. The Balaban J connectivity index is 1.56. The number of ether oxygens (including phenoxy) is 1. The molecule has 1 aliphatic heterocycles. The molecule has 1 saturated heterocycles. The predicted molar refractivity (Wildman–Crippen MR) is 125 cm³/mol. The highest BCUT2D eigenvalue weighted by Crippen LogP contribution is 2.22. The van der Waals surface area contributed by atoms with E-state index in [1.54, 1.807) is 25.3 Å². The molecule has 33 heavy (non-hydrogen) atoms. The van der Waals surface area contributed by atoms with Crippen LogP contribution < -0.4 is 10.2 Å². The Morgan fingerprint density at radius 2 is 1.82 bits per heavy atom. The highest BCUT2D eigenvalue weighted by atomic mass is 16.5. The van der Waals surface area contributed by atoms with E-state index in [1.165, 1.54) is 12.4 Å². The number of esters is 1. The van der Waals surface area contributed by atoms with E-state index in [2.05, 4.69) is 37.1 Å². The lowest BCUT2D eigenvalue weighted by atomic mass is 10.1. The number of pyridine rings is 1. The van der Waals surface area contributed by atoms with Gasteiger partial charge in [-0.3, -0.25) is 9.78 Å². The summed E-state index contributed by atoms with van der Waals surface area (Å²) in [6.45, 7) is 5.92. The van der Waals surface area contributed by atoms with E-state index in [4.69, 9.17) is 4.74 Å². The summed E-state index contributed by atoms with van der Waals surface area (Å²) in [5.74, 6) is -0.863. The van der Waals surface area contributed by atoms with Crippen LogP contribution in [0.2, 0.25) is 0 Å². The van der Waals surface area contributed by atoms with Gasteiger partial charge < -0.3 is 19.9 Å². The van der Waals surface area contributed by atoms with Crippen LogP contribution in [0.25, 0.3) is 0 Å².